The van der Waals surface area contributed by atoms with E-state index in [2.05, 4.69) is 10.5 Å². The number of hydrazone groups is 1. The molecule has 0 saturated heterocycles. The second-order valence-corrected chi connectivity index (χ2v) is 5.47. The number of hydrogen-bond donors (Lipinski definition) is 2. The third-order valence-electron chi connectivity index (χ3n) is 2.89. The summed E-state index contributed by atoms with van der Waals surface area (Å²) in [6, 6.07) is 12.5. The van der Waals surface area contributed by atoms with Gasteiger partial charge in [0.05, 0.1) is 25.3 Å². The molecule has 0 bridgehead atoms. The number of hydrogen-bond acceptors (Lipinski definition) is 5. The van der Waals surface area contributed by atoms with Crippen LogP contribution in [0, 0.1) is 0 Å². The second kappa shape index (κ2) is 8.09. The van der Waals surface area contributed by atoms with E-state index < -0.39 is 6.03 Å². The van der Waals surface area contributed by atoms with Gasteiger partial charge >= 0.3 is 6.03 Å². The summed E-state index contributed by atoms with van der Waals surface area (Å²) in [5.41, 5.74) is 8.01. The van der Waals surface area contributed by atoms with Crippen LogP contribution in [0.3, 0.4) is 0 Å². The zero-order chi connectivity index (χ0) is 16.7. The summed E-state index contributed by atoms with van der Waals surface area (Å²) in [7, 11) is 3.24. The van der Waals surface area contributed by atoms with Gasteiger partial charge in [0.2, 0.25) is 0 Å². The summed E-state index contributed by atoms with van der Waals surface area (Å²) >= 11 is 1.51. The number of methoxy groups -OCH3 is 2. The Bertz CT molecular complexity index is 719. The van der Waals surface area contributed by atoms with E-state index in [1.54, 1.807) is 20.4 Å². The number of primary amides is 1. The standard InChI is InChI=1S/C16H17N3O3S/c1-21-12-7-8-13(22-2)15(9-12)23-14-6-4-3-5-11(14)10-18-19-16(17)20/h3-10H,1-2H3,(H3,17,19,20)/b18-10+. The van der Waals surface area contributed by atoms with E-state index in [0.717, 1.165) is 26.9 Å². The molecule has 0 radical (unpaired) electrons. The van der Waals surface area contributed by atoms with Gasteiger partial charge in [0.1, 0.15) is 11.5 Å². The van der Waals surface area contributed by atoms with Crippen molar-refractivity contribution in [3.63, 3.8) is 0 Å². The maximum Gasteiger partial charge on any atom is 0.332 e. The molecule has 7 heteroatoms. The smallest absolute Gasteiger partial charge is 0.332 e. The van der Waals surface area contributed by atoms with Crippen LogP contribution >= 0.6 is 11.8 Å². The van der Waals surface area contributed by atoms with Crippen LogP contribution < -0.4 is 20.6 Å². The minimum atomic E-state index is -0.708. The van der Waals surface area contributed by atoms with Crippen LogP contribution in [0.5, 0.6) is 11.5 Å². The van der Waals surface area contributed by atoms with Crippen molar-refractivity contribution < 1.29 is 14.3 Å². The average molecular weight is 331 g/mol. The van der Waals surface area contributed by atoms with Gasteiger partial charge < -0.3 is 15.2 Å². The van der Waals surface area contributed by atoms with Crippen molar-refractivity contribution in [1.29, 1.82) is 0 Å². The molecule has 0 aliphatic heterocycles. The summed E-state index contributed by atoms with van der Waals surface area (Å²) in [5.74, 6) is 1.49. The van der Waals surface area contributed by atoms with Crippen LogP contribution in [-0.2, 0) is 0 Å². The van der Waals surface area contributed by atoms with Crippen molar-refractivity contribution in [2.75, 3.05) is 14.2 Å². The summed E-state index contributed by atoms with van der Waals surface area (Å²) in [4.78, 5) is 12.5. The van der Waals surface area contributed by atoms with Crippen LogP contribution in [-0.4, -0.2) is 26.5 Å². The number of amides is 2. The fourth-order valence-corrected chi connectivity index (χ4v) is 2.88. The van der Waals surface area contributed by atoms with Gasteiger partial charge in [0.15, 0.2) is 0 Å². The zero-order valence-corrected chi connectivity index (χ0v) is 13.6. The highest BCUT2D eigenvalue weighted by atomic mass is 32.2. The van der Waals surface area contributed by atoms with E-state index in [-0.39, 0.29) is 0 Å². The van der Waals surface area contributed by atoms with Crippen LogP contribution in [0.25, 0.3) is 0 Å². The molecular formula is C16H17N3O3S. The predicted octanol–water partition coefficient (Wildman–Crippen LogP) is 2.86. The van der Waals surface area contributed by atoms with Gasteiger partial charge in [-0.05, 0) is 24.3 Å². The lowest BCUT2D eigenvalue weighted by molar-refractivity contribution is 0.249. The van der Waals surface area contributed by atoms with E-state index >= 15 is 0 Å². The number of rotatable bonds is 6. The highest BCUT2D eigenvalue weighted by molar-refractivity contribution is 7.99. The molecule has 0 aliphatic carbocycles. The molecule has 23 heavy (non-hydrogen) atoms. The van der Waals surface area contributed by atoms with Gasteiger partial charge in [-0.3, -0.25) is 0 Å². The molecule has 6 nitrogen and oxygen atoms in total. The first-order chi connectivity index (χ1) is 11.1. The summed E-state index contributed by atoms with van der Waals surface area (Å²) in [6.07, 6.45) is 1.54. The molecule has 2 aromatic carbocycles. The third kappa shape index (κ3) is 4.65. The van der Waals surface area contributed by atoms with Crippen molar-refractivity contribution in [2.45, 2.75) is 9.79 Å². The minimum Gasteiger partial charge on any atom is -0.497 e. The summed E-state index contributed by atoms with van der Waals surface area (Å²) in [5, 5.41) is 3.80. The molecular weight excluding hydrogens is 314 g/mol. The largest absolute Gasteiger partial charge is 0.497 e. The SMILES string of the molecule is COc1ccc(OC)c(Sc2ccccc2/C=N/NC(N)=O)c1. The van der Waals surface area contributed by atoms with Gasteiger partial charge in [-0.1, -0.05) is 30.0 Å². The van der Waals surface area contributed by atoms with Crippen molar-refractivity contribution in [1.82, 2.24) is 5.43 Å². The Morgan fingerprint density at radius 3 is 2.65 bits per heavy atom. The van der Waals surface area contributed by atoms with Gasteiger partial charge in [0.25, 0.3) is 0 Å². The fraction of sp³-hybridized carbons (Fsp3) is 0.125. The molecule has 0 heterocycles. The maximum absolute atomic E-state index is 10.7. The second-order valence-electron chi connectivity index (χ2n) is 4.39. The molecule has 0 aromatic heterocycles. The Labute approximate surface area is 138 Å². The maximum atomic E-state index is 10.7. The van der Waals surface area contributed by atoms with Crippen LogP contribution in [0.2, 0.25) is 0 Å². The lowest BCUT2D eigenvalue weighted by atomic mass is 10.2. The first kappa shape index (κ1) is 16.7. The first-order valence-electron chi connectivity index (χ1n) is 6.71. The fourth-order valence-electron chi connectivity index (χ4n) is 1.83. The normalized spacial score (nSPS) is 10.5. The highest BCUT2D eigenvalue weighted by Crippen LogP contribution is 2.38. The molecule has 2 amide bonds. The number of carbonyl (C=O) groups excluding carboxylic acids is 1. The minimum absolute atomic E-state index is 0.708. The first-order valence-corrected chi connectivity index (χ1v) is 7.53. The van der Waals surface area contributed by atoms with E-state index in [0.29, 0.717) is 0 Å². The zero-order valence-electron chi connectivity index (χ0n) is 12.8. The third-order valence-corrected chi connectivity index (χ3v) is 4.02. The summed E-state index contributed by atoms with van der Waals surface area (Å²) < 4.78 is 10.6. The van der Waals surface area contributed by atoms with E-state index in [1.165, 1.54) is 11.8 Å². The molecule has 0 aliphatic rings. The predicted molar refractivity (Wildman–Crippen MR) is 90.4 cm³/mol. The Morgan fingerprint density at radius 1 is 1.17 bits per heavy atom. The van der Waals surface area contributed by atoms with Gasteiger partial charge in [-0.2, -0.15) is 5.10 Å². The molecule has 120 valence electrons. The topological polar surface area (TPSA) is 85.9 Å². The van der Waals surface area contributed by atoms with Gasteiger partial charge in [0, 0.05) is 10.5 Å². The molecule has 0 atom stereocenters. The quantitative estimate of drug-likeness (QED) is 0.629. The molecule has 0 saturated carbocycles. The van der Waals surface area contributed by atoms with Gasteiger partial charge in [-0.25, -0.2) is 10.2 Å². The summed E-state index contributed by atoms with van der Waals surface area (Å²) in [6.45, 7) is 0. The van der Waals surface area contributed by atoms with Crippen LogP contribution in [0.15, 0.2) is 57.4 Å². The molecule has 2 aromatic rings. The monoisotopic (exact) mass is 331 g/mol. The van der Waals surface area contributed by atoms with E-state index in [9.17, 15) is 4.79 Å². The molecule has 3 N–H and O–H groups in total. The van der Waals surface area contributed by atoms with Crippen LogP contribution in [0.1, 0.15) is 5.56 Å². The number of benzene rings is 2. The Morgan fingerprint density at radius 2 is 1.96 bits per heavy atom. The van der Waals surface area contributed by atoms with Crippen molar-refractivity contribution in [3.8, 4) is 11.5 Å². The van der Waals surface area contributed by atoms with E-state index in [1.807, 2.05) is 42.5 Å². The highest BCUT2D eigenvalue weighted by Gasteiger charge is 2.09. The Balaban J connectivity index is 2.30. The Kier molecular flexibility index (Phi) is 5.87. The molecule has 0 fully saturated rings. The van der Waals surface area contributed by atoms with Gasteiger partial charge in [-0.15, -0.1) is 0 Å². The lowest BCUT2D eigenvalue weighted by Gasteiger charge is -2.11. The van der Waals surface area contributed by atoms with Crippen LogP contribution in [0.4, 0.5) is 4.79 Å². The van der Waals surface area contributed by atoms with E-state index in [4.69, 9.17) is 15.2 Å². The number of carbonyl (C=O) groups is 1. The van der Waals surface area contributed by atoms with Crippen molar-refractivity contribution in [2.24, 2.45) is 10.8 Å². The average Bonchev–Trinajstić information content (AvgIpc) is 2.56. The van der Waals surface area contributed by atoms with Crippen molar-refractivity contribution >= 4 is 24.0 Å². The number of nitrogens with two attached hydrogens (primary N) is 1. The number of urea groups is 1. The Hall–Kier alpha value is -2.67. The molecule has 0 unspecified atom stereocenters. The van der Waals surface area contributed by atoms with Crippen molar-refractivity contribution in [3.05, 3.63) is 48.0 Å². The number of ether oxygens (including phenoxy) is 2. The molecule has 0 spiro atoms. The number of nitrogens with zero attached hydrogens (tertiary/aromatic N) is 1. The molecule has 2 rings (SSSR count). The lowest BCUT2D eigenvalue weighted by Crippen LogP contribution is -2.24. The number of nitrogens with one attached hydrogen (secondary N) is 1.